The van der Waals surface area contributed by atoms with Crippen LogP contribution in [-0.4, -0.2) is 133 Å². The number of rotatable bonds is 9. The molecule has 3 aliphatic heterocycles. The zero-order valence-electron chi connectivity index (χ0n) is 43.4. The molecule has 69 heavy (non-hydrogen) atoms. The monoisotopic (exact) mass is 987 g/mol. The average molecular weight is 987 g/mol. The number of carbonyl (C=O) groups is 5. The Morgan fingerprint density at radius 3 is 2.28 bits per heavy atom. The van der Waals surface area contributed by atoms with Gasteiger partial charge >= 0.3 is 13.8 Å². The normalized spacial score (nSPS) is 39.0. The summed E-state index contributed by atoms with van der Waals surface area (Å²) in [4.78, 5) is 72.3. The molecule has 15 heteroatoms. The number of Topliss-reactive ketones (excluding diaryl/α,β-unsaturated/α-hetero) is 3. The van der Waals surface area contributed by atoms with Crippen molar-refractivity contribution in [3.63, 3.8) is 0 Å². The van der Waals surface area contributed by atoms with E-state index in [1.807, 2.05) is 58.1 Å². The molecule has 16 atom stereocenters. The van der Waals surface area contributed by atoms with E-state index in [-0.39, 0.29) is 60.7 Å². The van der Waals surface area contributed by atoms with Gasteiger partial charge in [-0.2, -0.15) is 0 Å². The lowest BCUT2D eigenvalue weighted by Crippen LogP contribution is -2.61. The molecule has 2 bridgehead atoms. The fourth-order valence-corrected chi connectivity index (χ4v) is 11.6. The molecule has 1 aliphatic carbocycles. The Morgan fingerprint density at radius 1 is 0.884 bits per heavy atom. The van der Waals surface area contributed by atoms with E-state index in [1.54, 1.807) is 47.7 Å². The number of aliphatic hydroxyl groups is 2. The summed E-state index contributed by atoms with van der Waals surface area (Å²) >= 11 is 0. The molecule has 3 fully saturated rings. The van der Waals surface area contributed by atoms with Crippen LogP contribution in [0.2, 0.25) is 0 Å². The number of amides is 1. The first kappa shape index (κ1) is 58.3. The Balaban J connectivity index is 1.70. The van der Waals surface area contributed by atoms with E-state index in [4.69, 9.17) is 23.7 Å². The lowest BCUT2D eigenvalue weighted by Gasteiger charge is -2.42. The number of methoxy groups -OCH3 is 3. The Kier molecular flexibility index (Phi) is 23.3. The standard InChI is InChI=1S/C54H85NO13P/c1-33-17-13-12-14-18-34(2)45(64-8)31-42-23-20-39(7)54(62,68-42)51(59)52(60)55-25-16-15-19-43(55)53(61)67-46(36(4)29-40-21-22-41(24-26-69(11)63)47(30-40)65-9)32-44(56)35(3)28-38(6)49(58)50(66-10)48(57)37(5)27-33/h12-14,17-18,28,33,35-37,39-43,45-47,49-50,58,62H,15-16,19-27,29-32H2,1-11H3/q+1/b14-12+,17-13+,34-18+,38-28+/t33-,35-,36-,37-,39-,40+,41?,42+,43?,45+,46+,47-,49-,50+,54-/m1/s1. The number of ketones is 3. The zero-order valence-corrected chi connectivity index (χ0v) is 44.3. The van der Waals surface area contributed by atoms with Crippen LogP contribution in [0.3, 0.4) is 0 Å². The van der Waals surface area contributed by atoms with Crippen molar-refractivity contribution in [3.05, 3.63) is 47.6 Å². The average Bonchev–Trinajstić information content (AvgIpc) is 3.32. The van der Waals surface area contributed by atoms with Gasteiger partial charge in [0.05, 0.1) is 18.3 Å². The second kappa shape index (κ2) is 27.6. The van der Waals surface area contributed by atoms with E-state index in [2.05, 4.69) is 0 Å². The molecular formula is C54H85NO13P+. The van der Waals surface area contributed by atoms with Crippen molar-refractivity contribution >= 4 is 37.0 Å². The Labute approximate surface area is 413 Å². The minimum absolute atomic E-state index is 0.0189. The first-order valence-electron chi connectivity index (χ1n) is 25.5. The molecule has 2 saturated heterocycles. The molecule has 2 N–H and O–H groups in total. The highest BCUT2D eigenvalue weighted by atomic mass is 31.1. The van der Waals surface area contributed by atoms with Crippen molar-refractivity contribution in [2.45, 2.75) is 180 Å². The predicted molar refractivity (Wildman–Crippen MR) is 266 cm³/mol. The van der Waals surface area contributed by atoms with Gasteiger partial charge in [-0.3, -0.25) is 19.2 Å². The van der Waals surface area contributed by atoms with Crippen LogP contribution in [0.15, 0.2) is 47.6 Å². The third kappa shape index (κ3) is 16.1. The van der Waals surface area contributed by atoms with Crippen molar-refractivity contribution < 1.29 is 62.4 Å². The number of fused-ring (bicyclic) bond motifs is 3. The highest BCUT2D eigenvalue weighted by Gasteiger charge is 2.53. The van der Waals surface area contributed by atoms with Gasteiger partial charge in [0.15, 0.2) is 5.78 Å². The van der Waals surface area contributed by atoms with Gasteiger partial charge < -0.3 is 38.8 Å². The molecule has 1 amide bonds. The van der Waals surface area contributed by atoms with Crippen molar-refractivity contribution in [2.24, 2.45) is 41.4 Å². The maximum absolute atomic E-state index is 14.5. The van der Waals surface area contributed by atoms with Crippen LogP contribution in [0, 0.1) is 41.4 Å². The van der Waals surface area contributed by atoms with E-state index in [1.165, 1.54) is 12.0 Å². The van der Waals surface area contributed by atoms with Gasteiger partial charge in [0, 0.05) is 58.5 Å². The van der Waals surface area contributed by atoms with Crippen LogP contribution in [0.25, 0.3) is 0 Å². The van der Waals surface area contributed by atoms with Crippen molar-refractivity contribution in [3.8, 4) is 0 Å². The second-order valence-electron chi connectivity index (χ2n) is 20.9. The zero-order chi connectivity index (χ0) is 51.2. The molecule has 1 saturated carbocycles. The predicted octanol–water partition coefficient (Wildman–Crippen LogP) is 8.28. The van der Waals surface area contributed by atoms with Crippen molar-refractivity contribution in [1.82, 2.24) is 4.90 Å². The Hall–Kier alpha value is -3.23. The van der Waals surface area contributed by atoms with Gasteiger partial charge in [-0.15, -0.1) is 0 Å². The van der Waals surface area contributed by atoms with Gasteiger partial charge in [-0.05, 0) is 119 Å². The van der Waals surface area contributed by atoms with Crippen LogP contribution in [0.1, 0.15) is 132 Å². The number of hydrogen-bond acceptors (Lipinski definition) is 13. The largest absolute Gasteiger partial charge is 0.460 e. The quantitative estimate of drug-likeness (QED) is 0.0972. The molecule has 0 radical (unpaired) electrons. The molecule has 0 aromatic heterocycles. The Bertz CT molecular complexity index is 1900. The van der Waals surface area contributed by atoms with Crippen LogP contribution in [-0.2, 0) is 52.2 Å². The highest BCUT2D eigenvalue weighted by Crippen LogP contribution is 2.40. The van der Waals surface area contributed by atoms with E-state index in [0.29, 0.717) is 56.7 Å². The topological polar surface area (TPSA) is 192 Å². The molecule has 4 aliphatic rings. The summed E-state index contributed by atoms with van der Waals surface area (Å²) < 4.78 is 41.9. The van der Waals surface area contributed by atoms with Crippen LogP contribution >= 0.6 is 7.80 Å². The number of hydrogen-bond donors (Lipinski definition) is 2. The molecule has 388 valence electrons. The first-order valence-corrected chi connectivity index (χ1v) is 27.4. The van der Waals surface area contributed by atoms with Crippen molar-refractivity contribution in [2.75, 3.05) is 40.7 Å². The number of piperidine rings is 1. The summed E-state index contributed by atoms with van der Waals surface area (Å²) in [6.07, 6.45) is 14.4. The number of nitrogens with zero attached hydrogens (tertiary/aromatic N) is 1. The van der Waals surface area contributed by atoms with E-state index in [9.17, 15) is 38.8 Å². The second-order valence-corrected chi connectivity index (χ2v) is 22.6. The summed E-state index contributed by atoms with van der Waals surface area (Å²) in [5.74, 6) is -7.51. The summed E-state index contributed by atoms with van der Waals surface area (Å²) in [5, 5.41) is 23.5. The van der Waals surface area contributed by atoms with Crippen molar-refractivity contribution in [1.29, 1.82) is 0 Å². The minimum Gasteiger partial charge on any atom is -0.460 e. The van der Waals surface area contributed by atoms with Gasteiger partial charge in [0.25, 0.3) is 11.7 Å². The number of esters is 1. The molecular weight excluding hydrogens is 902 g/mol. The molecule has 4 rings (SSSR count). The maximum Gasteiger partial charge on any atom is 0.335 e. The third-order valence-corrected chi connectivity index (χ3v) is 16.4. The Morgan fingerprint density at radius 2 is 1.61 bits per heavy atom. The minimum atomic E-state index is -2.43. The lowest BCUT2D eigenvalue weighted by molar-refractivity contribution is -0.265. The molecule has 0 aromatic carbocycles. The molecule has 3 unspecified atom stereocenters. The highest BCUT2D eigenvalue weighted by molar-refractivity contribution is 7.43. The molecule has 0 aromatic rings. The summed E-state index contributed by atoms with van der Waals surface area (Å²) in [6.45, 7) is 14.6. The van der Waals surface area contributed by atoms with E-state index >= 15 is 0 Å². The van der Waals surface area contributed by atoms with Crippen LogP contribution < -0.4 is 0 Å². The number of allylic oxidation sites excluding steroid dienone is 6. The van der Waals surface area contributed by atoms with Crippen LogP contribution in [0.5, 0.6) is 0 Å². The number of cyclic esters (lactones) is 1. The summed E-state index contributed by atoms with van der Waals surface area (Å²) in [5.41, 5.74) is 1.28. The number of carbonyl (C=O) groups excluding carboxylic acids is 5. The fraction of sp³-hybridized carbons (Fsp3) is 0.759. The lowest BCUT2D eigenvalue weighted by atomic mass is 9.74. The van der Waals surface area contributed by atoms with Gasteiger partial charge in [-0.25, -0.2) is 4.79 Å². The summed E-state index contributed by atoms with van der Waals surface area (Å²) in [7, 11) is 3.41. The number of ether oxygens (including phenoxy) is 5. The SMILES string of the molecule is CO[C@H]1C[C@@H]2CC[C@@H](C)[C@@](O)(O2)C(=O)C(=O)N2CCCCC2C(=O)O[C@H]([C@H](C)C[C@@H]2CCC(CC[P+](C)=O)[C@H](OC)C2)CC(=O)[C@H](C)/C=C(\C)[C@@H](O)[C@@H](OC)C(=O)[C@H](C)C[C@H](C)/C=C/C=C/C=C/1C. The third-order valence-electron chi connectivity index (χ3n) is 15.5. The van der Waals surface area contributed by atoms with Gasteiger partial charge in [-0.1, -0.05) is 75.6 Å². The molecule has 3 heterocycles. The molecule has 0 spiro atoms. The maximum atomic E-state index is 14.5. The van der Waals surface area contributed by atoms with Crippen LogP contribution in [0.4, 0.5) is 0 Å². The summed E-state index contributed by atoms with van der Waals surface area (Å²) in [6, 6.07) is -1.13. The van der Waals surface area contributed by atoms with E-state index in [0.717, 1.165) is 31.3 Å². The smallest absolute Gasteiger partial charge is 0.335 e. The fourth-order valence-electron chi connectivity index (χ4n) is 10.9. The number of aliphatic hydroxyl groups excluding tert-OH is 1. The molecule has 14 nitrogen and oxygen atoms in total. The van der Waals surface area contributed by atoms with Gasteiger partial charge in [0.2, 0.25) is 5.79 Å². The first-order chi connectivity index (χ1) is 32.6. The van der Waals surface area contributed by atoms with Gasteiger partial charge in [0.1, 0.15) is 43.0 Å². The van der Waals surface area contributed by atoms with E-state index < -0.39 is 85.6 Å².